The summed E-state index contributed by atoms with van der Waals surface area (Å²) in [6.45, 7) is -3.01. The molecule has 1 atom stereocenters. The molecule has 1 unspecified atom stereocenters. The standard InChI is InChI=1S/C17H14F3NO2S/c18-10-5-6-15-12(9-10)13(7-8-24-15)21-16(22)11-3-1-2-4-14(11)23-17(19)20/h1-6,9,13,17H,7-8H2,(H,21,22). The molecular weight excluding hydrogens is 339 g/mol. The van der Waals surface area contributed by atoms with Crippen molar-refractivity contribution < 1.29 is 22.7 Å². The number of halogens is 3. The minimum absolute atomic E-state index is 0.0222. The van der Waals surface area contributed by atoms with Crippen molar-refractivity contribution in [1.29, 1.82) is 0 Å². The number of rotatable bonds is 4. The molecule has 3 nitrogen and oxygen atoms in total. The summed E-state index contributed by atoms with van der Waals surface area (Å²) in [6, 6.07) is 9.89. The normalized spacial score (nSPS) is 16.6. The molecule has 1 amide bonds. The Kier molecular flexibility index (Phi) is 4.99. The van der Waals surface area contributed by atoms with Gasteiger partial charge in [0.25, 0.3) is 5.91 Å². The van der Waals surface area contributed by atoms with E-state index in [4.69, 9.17) is 0 Å². The van der Waals surface area contributed by atoms with Crippen LogP contribution in [0.2, 0.25) is 0 Å². The van der Waals surface area contributed by atoms with Crippen LogP contribution in [0.5, 0.6) is 5.75 Å². The monoisotopic (exact) mass is 353 g/mol. The van der Waals surface area contributed by atoms with Crippen LogP contribution in [0.3, 0.4) is 0 Å². The number of carbonyl (C=O) groups is 1. The van der Waals surface area contributed by atoms with Crippen molar-refractivity contribution in [3.63, 3.8) is 0 Å². The van der Waals surface area contributed by atoms with Gasteiger partial charge in [0.15, 0.2) is 0 Å². The third kappa shape index (κ3) is 3.67. The quantitative estimate of drug-likeness (QED) is 0.886. The number of nitrogens with one attached hydrogen (secondary N) is 1. The van der Waals surface area contributed by atoms with Crippen LogP contribution in [0.1, 0.15) is 28.4 Å². The maximum Gasteiger partial charge on any atom is 0.387 e. The number of hydrogen-bond acceptors (Lipinski definition) is 3. The summed E-state index contributed by atoms with van der Waals surface area (Å²) < 4.78 is 42.8. The Balaban J connectivity index is 1.83. The molecular formula is C17H14F3NO2S. The molecule has 0 spiro atoms. The Morgan fingerprint density at radius 3 is 2.83 bits per heavy atom. The first-order valence-electron chi connectivity index (χ1n) is 7.31. The first-order chi connectivity index (χ1) is 11.5. The molecule has 126 valence electrons. The van der Waals surface area contributed by atoms with Gasteiger partial charge in [-0.25, -0.2) is 4.39 Å². The minimum atomic E-state index is -3.01. The van der Waals surface area contributed by atoms with Gasteiger partial charge in [-0.2, -0.15) is 8.78 Å². The topological polar surface area (TPSA) is 38.3 Å². The lowest BCUT2D eigenvalue weighted by atomic mass is 10.0. The Morgan fingerprint density at radius 2 is 2.04 bits per heavy atom. The third-order valence-electron chi connectivity index (χ3n) is 3.66. The molecule has 7 heteroatoms. The lowest BCUT2D eigenvalue weighted by Crippen LogP contribution is -2.31. The van der Waals surface area contributed by atoms with E-state index < -0.39 is 12.5 Å². The van der Waals surface area contributed by atoms with Gasteiger partial charge in [-0.15, -0.1) is 11.8 Å². The first-order valence-corrected chi connectivity index (χ1v) is 8.30. The van der Waals surface area contributed by atoms with Crippen molar-refractivity contribution >= 4 is 17.7 Å². The van der Waals surface area contributed by atoms with Crippen LogP contribution in [-0.4, -0.2) is 18.3 Å². The van der Waals surface area contributed by atoms with Crippen LogP contribution < -0.4 is 10.1 Å². The van der Waals surface area contributed by atoms with Crippen LogP contribution in [0.25, 0.3) is 0 Å². The largest absolute Gasteiger partial charge is 0.434 e. The molecule has 2 aromatic rings. The van der Waals surface area contributed by atoms with Crippen molar-refractivity contribution in [2.75, 3.05) is 5.75 Å². The Hall–Kier alpha value is -2.15. The van der Waals surface area contributed by atoms with E-state index >= 15 is 0 Å². The maximum atomic E-state index is 13.5. The van der Waals surface area contributed by atoms with Crippen molar-refractivity contribution in [1.82, 2.24) is 5.32 Å². The van der Waals surface area contributed by atoms with E-state index in [0.29, 0.717) is 12.0 Å². The highest BCUT2D eigenvalue weighted by Crippen LogP contribution is 2.36. The van der Waals surface area contributed by atoms with E-state index in [0.717, 1.165) is 10.6 Å². The van der Waals surface area contributed by atoms with Gasteiger partial charge < -0.3 is 10.1 Å². The number of thioether (sulfide) groups is 1. The van der Waals surface area contributed by atoms with Gasteiger partial charge in [0.05, 0.1) is 11.6 Å². The van der Waals surface area contributed by atoms with Gasteiger partial charge in [-0.05, 0) is 42.3 Å². The van der Waals surface area contributed by atoms with E-state index in [1.807, 2.05) is 0 Å². The molecule has 0 fully saturated rings. The fourth-order valence-corrected chi connectivity index (χ4v) is 3.71. The van der Waals surface area contributed by atoms with Crippen molar-refractivity contribution in [2.45, 2.75) is 24.0 Å². The zero-order chi connectivity index (χ0) is 17.1. The summed E-state index contributed by atoms with van der Waals surface area (Å²) in [7, 11) is 0. The number of fused-ring (bicyclic) bond motifs is 1. The molecule has 2 aromatic carbocycles. The molecule has 0 saturated carbocycles. The van der Waals surface area contributed by atoms with Gasteiger partial charge in [0, 0.05) is 10.6 Å². The van der Waals surface area contributed by atoms with Gasteiger partial charge in [-0.1, -0.05) is 12.1 Å². The molecule has 24 heavy (non-hydrogen) atoms. The van der Waals surface area contributed by atoms with Gasteiger partial charge in [0.1, 0.15) is 11.6 Å². The van der Waals surface area contributed by atoms with Crippen LogP contribution in [0.4, 0.5) is 13.2 Å². The van der Waals surface area contributed by atoms with Gasteiger partial charge >= 0.3 is 6.61 Å². The molecule has 0 aromatic heterocycles. The van der Waals surface area contributed by atoms with E-state index in [1.54, 1.807) is 23.9 Å². The summed E-state index contributed by atoms with van der Waals surface area (Å²) >= 11 is 1.59. The van der Waals surface area contributed by atoms with E-state index in [9.17, 15) is 18.0 Å². The average Bonchev–Trinajstić information content (AvgIpc) is 2.55. The Labute approximate surface area is 141 Å². The Bertz CT molecular complexity index is 754. The Morgan fingerprint density at radius 1 is 1.25 bits per heavy atom. The van der Waals surface area contributed by atoms with E-state index in [1.165, 1.54) is 30.3 Å². The highest BCUT2D eigenvalue weighted by molar-refractivity contribution is 7.99. The minimum Gasteiger partial charge on any atom is -0.434 e. The number of para-hydroxylation sites is 1. The molecule has 0 bridgehead atoms. The smallest absolute Gasteiger partial charge is 0.387 e. The van der Waals surface area contributed by atoms with Crippen LogP contribution in [0.15, 0.2) is 47.4 Å². The SMILES string of the molecule is O=C(NC1CCSc2ccc(F)cc21)c1ccccc1OC(F)F. The van der Waals surface area contributed by atoms with Gasteiger partial charge in [0.2, 0.25) is 0 Å². The zero-order valence-corrected chi connectivity index (χ0v) is 13.3. The predicted octanol–water partition coefficient (Wildman–Crippen LogP) is 4.39. The fraction of sp³-hybridized carbons (Fsp3) is 0.235. The fourth-order valence-electron chi connectivity index (χ4n) is 2.60. The van der Waals surface area contributed by atoms with Crippen molar-refractivity contribution in [3.05, 3.63) is 59.4 Å². The summed E-state index contributed by atoms with van der Waals surface area (Å²) in [5.41, 5.74) is 0.723. The van der Waals surface area contributed by atoms with Crippen LogP contribution >= 0.6 is 11.8 Å². The predicted molar refractivity (Wildman–Crippen MR) is 85.0 cm³/mol. The summed E-state index contributed by atoms with van der Waals surface area (Å²) in [4.78, 5) is 13.4. The number of benzene rings is 2. The molecule has 1 aliphatic heterocycles. The highest BCUT2D eigenvalue weighted by atomic mass is 32.2. The van der Waals surface area contributed by atoms with E-state index in [-0.39, 0.29) is 23.2 Å². The van der Waals surface area contributed by atoms with Crippen molar-refractivity contribution in [2.24, 2.45) is 0 Å². The average molecular weight is 353 g/mol. The van der Waals surface area contributed by atoms with Gasteiger partial charge in [-0.3, -0.25) is 4.79 Å². The highest BCUT2D eigenvalue weighted by Gasteiger charge is 2.24. The second-order valence-electron chi connectivity index (χ2n) is 5.22. The summed E-state index contributed by atoms with van der Waals surface area (Å²) in [5, 5.41) is 2.79. The number of carbonyl (C=O) groups excluding carboxylic acids is 1. The summed E-state index contributed by atoms with van der Waals surface area (Å²) in [5.74, 6) is -0.316. The maximum absolute atomic E-state index is 13.5. The molecule has 0 saturated heterocycles. The van der Waals surface area contributed by atoms with E-state index in [2.05, 4.69) is 10.1 Å². The molecule has 1 heterocycles. The lowest BCUT2D eigenvalue weighted by molar-refractivity contribution is -0.0501. The molecule has 1 aliphatic rings. The first kappa shape index (κ1) is 16.7. The number of alkyl halides is 2. The summed E-state index contributed by atoms with van der Waals surface area (Å²) in [6.07, 6.45) is 0.630. The second-order valence-corrected chi connectivity index (χ2v) is 6.36. The molecule has 0 radical (unpaired) electrons. The zero-order valence-electron chi connectivity index (χ0n) is 12.5. The molecule has 0 aliphatic carbocycles. The van der Waals surface area contributed by atoms with Crippen molar-refractivity contribution in [3.8, 4) is 5.75 Å². The molecule has 1 N–H and O–H groups in total. The number of amides is 1. The lowest BCUT2D eigenvalue weighted by Gasteiger charge is -2.26. The third-order valence-corrected chi connectivity index (χ3v) is 4.79. The molecule has 3 rings (SSSR count). The van der Waals surface area contributed by atoms with Crippen LogP contribution in [-0.2, 0) is 0 Å². The second kappa shape index (κ2) is 7.17. The number of hydrogen-bond donors (Lipinski definition) is 1. The number of ether oxygens (including phenoxy) is 1. The van der Waals surface area contributed by atoms with Crippen LogP contribution in [0, 0.1) is 5.82 Å².